The number of hydrogen-bond donors (Lipinski definition) is 1. The molecule has 1 saturated heterocycles. The summed E-state index contributed by atoms with van der Waals surface area (Å²) in [5.41, 5.74) is 0.808. The first-order chi connectivity index (χ1) is 9.13. The molecule has 104 valence electrons. The highest BCUT2D eigenvalue weighted by atomic mass is 16.5. The van der Waals surface area contributed by atoms with Gasteiger partial charge in [-0.15, -0.1) is 0 Å². The summed E-state index contributed by atoms with van der Waals surface area (Å²) in [4.78, 5) is 21.2. The van der Waals surface area contributed by atoms with E-state index in [1.165, 1.54) is 6.33 Å². The highest BCUT2D eigenvalue weighted by molar-refractivity contribution is 5.68. The number of anilines is 1. The lowest BCUT2D eigenvalue weighted by Crippen LogP contribution is -2.47. The number of methoxy groups -OCH3 is 1. The van der Waals surface area contributed by atoms with Gasteiger partial charge in [-0.2, -0.15) is 0 Å². The molecule has 1 atom stereocenters. The van der Waals surface area contributed by atoms with Crippen molar-refractivity contribution in [2.75, 3.05) is 31.8 Å². The monoisotopic (exact) mass is 267 g/mol. The Labute approximate surface area is 111 Å². The van der Waals surface area contributed by atoms with Crippen molar-refractivity contribution in [1.82, 2.24) is 9.97 Å². The van der Waals surface area contributed by atoms with E-state index in [1.807, 2.05) is 11.8 Å². The molecule has 0 aromatic carbocycles. The van der Waals surface area contributed by atoms with E-state index in [0.29, 0.717) is 31.5 Å². The van der Waals surface area contributed by atoms with Gasteiger partial charge in [-0.05, 0) is 6.92 Å². The third-order valence-electron chi connectivity index (χ3n) is 3.11. The van der Waals surface area contributed by atoms with Gasteiger partial charge in [0.25, 0.3) is 0 Å². The molecule has 1 fully saturated rings. The largest absolute Gasteiger partial charge is 0.481 e. The van der Waals surface area contributed by atoms with Crippen LogP contribution in [0.5, 0.6) is 5.88 Å². The topological polar surface area (TPSA) is 84.8 Å². The third-order valence-corrected chi connectivity index (χ3v) is 3.11. The summed E-state index contributed by atoms with van der Waals surface area (Å²) in [6.45, 7) is 3.42. The van der Waals surface area contributed by atoms with Crippen molar-refractivity contribution in [1.29, 1.82) is 0 Å². The van der Waals surface area contributed by atoms with Crippen LogP contribution in [0, 0.1) is 6.92 Å². The van der Waals surface area contributed by atoms with E-state index in [4.69, 9.17) is 14.6 Å². The second kappa shape index (κ2) is 5.83. The fourth-order valence-electron chi connectivity index (χ4n) is 2.22. The molecule has 0 aliphatic carbocycles. The van der Waals surface area contributed by atoms with Crippen molar-refractivity contribution in [3.05, 3.63) is 11.9 Å². The molecule has 2 rings (SSSR count). The van der Waals surface area contributed by atoms with Gasteiger partial charge in [0.05, 0.1) is 38.3 Å². The Bertz CT molecular complexity index is 466. The minimum Gasteiger partial charge on any atom is -0.481 e. The number of aliphatic carboxylic acids is 1. The van der Waals surface area contributed by atoms with Gasteiger partial charge >= 0.3 is 5.97 Å². The lowest BCUT2D eigenvalue weighted by molar-refractivity contribution is -0.138. The maximum absolute atomic E-state index is 10.9. The first-order valence-electron chi connectivity index (χ1n) is 6.05. The maximum Gasteiger partial charge on any atom is 0.305 e. The van der Waals surface area contributed by atoms with Crippen LogP contribution in [0.3, 0.4) is 0 Å². The van der Waals surface area contributed by atoms with Crippen LogP contribution in [-0.2, 0) is 9.53 Å². The lowest BCUT2D eigenvalue weighted by atomic mass is 10.1. The fraction of sp³-hybridized carbons (Fsp3) is 0.583. The summed E-state index contributed by atoms with van der Waals surface area (Å²) >= 11 is 0. The molecule has 1 aromatic heterocycles. The van der Waals surface area contributed by atoms with Gasteiger partial charge in [-0.3, -0.25) is 4.79 Å². The molecule has 0 spiro atoms. The number of carboxylic acid groups (broad SMARTS) is 1. The second-order valence-corrected chi connectivity index (χ2v) is 4.35. The van der Waals surface area contributed by atoms with Gasteiger partial charge in [0.15, 0.2) is 0 Å². The number of carbonyl (C=O) groups is 1. The van der Waals surface area contributed by atoms with Crippen LogP contribution in [0.4, 0.5) is 5.82 Å². The van der Waals surface area contributed by atoms with Gasteiger partial charge in [-0.1, -0.05) is 0 Å². The zero-order chi connectivity index (χ0) is 13.8. The Morgan fingerprint density at radius 1 is 1.63 bits per heavy atom. The van der Waals surface area contributed by atoms with Crippen LogP contribution in [0.15, 0.2) is 6.33 Å². The number of hydrogen-bond acceptors (Lipinski definition) is 6. The Morgan fingerprint density at radius 2 is 2.42 bits per heavy atom. The van der Waals surface area contributed by atoms with E-state index in [0.717, 1.165) is 5.56 Å². The highest BCUT2D eigenvalue weighted by Gasteiger charge is 2.28. The first-order valence-corrected chi connectivity index (χ1v) is 6.05. The van der Waals surface area contributed by atoms with Crippen molar-refractivity contribution in [3.8, 4) is 5.88 Å². The van der Waals surface area contributed by atoms with Crippen LogP contribution in [0.25, 0.3) is 0 Å². The molecular weight excluding hydrogens is 250 g/mol. The molecule has 1 aliphatic rings. The standard InChI is InChI=1S/C12H17N3O4/c1-8-11(13-7-14-12(8)18-2)15-3-4-19-6-9(15)5-10(16)17/h7,9H,3-6H2,1-2H3,(H,16,17). The van der Waals surface area contributed by atoms with Crippen molar-refractivity contribution < 1.29 is 19.4 Å². The molecule has 0 radical (unpaired) electrons. The molecule has 19 heavy (non-hydrogen) atoms. The van der Waals surface area contributed by atoms with E-state index in [2.05, 4.69) is 9.97 Å². The van der Waals surface area contributed by atoms with Crippen molar-refractivity contribution >= 4 is 11.8 Å². The van der Waals surface area contributed by atoms with Crippen molar-refractivity contribution in [3.63, 3.8) is 0 Å². The van der Waals surface area contributed by atoms with Crippen molar-refractivity contribution in [2.45, 2.75) is 19.4 Å². The van der Waals surface area contributed by atoms with Crippen LogP contribution in [0.2, 0.25) is 0 Å². The number of morpholine rings is 1. The lowest BCUT2D eigenvalue weighted by Gasteiger charge is -2.36. The summed E-state index contributed by atoms with van der Waals surface area (Å²) in [6.07, 6.45) is 1.44. The van der Waals surface area contributed by atoms with Crippen molar-refractivity contribution in [2.24, 2.45) is 0 Å². The molecule has 7 heteroatoms. The van der Waals surface area contributed by atoms with Gasteiger partial charge in [0.2, 0.25) is 5.88 Å². The minimum absolute atomic E-state index is 0.0196. The van der Waals surface area contributed by atoms with Gasteiger partial charge in [0, 0.05) is 6.54 Å². The minimum atomic E-state index is -0.848. The molecule has 1 aliphatic heterocycles. The van der Waals surface area contributed by atoms with Gasteiger partial charge < -0.3 is 19.5 Å². The number of aromatic nitrogens is 2. The normalized spacial score (nSPS) is 19.3. The predicted octanol–water partition coefficient (Wildman–Crippen LogP) is 0.474. The van der Waals surface area contributed by atoms with E-state index >= 15 is 0 Å². The van der Waals surface area contributed by atoms with Crippen LogP contribution in [-0.4, -0.2) is 54.0 Å². The molecule has 1 aromatic rings. The molecule has 1 N–H and O–H groups in total. The van der Waals surface area contributed by atoms with E-state index in [1.54, 1.807) is 7.11 Å². The van der Waals surface area contributed by atoms with Gasteiger partial charge in [-0.25, -0.2) is 9.97 Å². The summed E-state index contributed by atoms with van der Waals surface area (Å²) in [5.74, 6) is 0.367. The van der Waals surface area contributed by atoms with Crippen LogP contribution in [0.1, 0.15) is 12.0 Å². The summed E-state index contributed by atoms with van der Waals surface area (Å²) < 4.78 is 10.5. The molecular formula is C12H17N3O4. The average Bonchev–Trinajstić information content (AvgIpc) is 2.39. The maximum atomic E-state index is 10.9. The molecule has 7 nitrogen and oxygen atoms in total. The molecule has 0 bridgehead atoms. The summed E-state index contributed by atoms with van der Waals surface area (Å²) in [5, 5.41) is 8.96. The Balaban J connectivity index is 2.29. The SMILES string of the molecule is COc1ncnc(N2CCOCC2CC(=O)O)c1C. The zero-order valence-corrected chi connectivity index (χ0v) is 11.0. The average molecular weight is 267 g/mol. The smallest absolute Gasteiger partial charge is 0.305 e. The van der Waals surface area contributed by atoms with E-state index < -0.39 is 5.97 Å². The predicted molar refractivity (Wildman–Crippen MR) is 67.5 cm³/mol. The molecule has 1 unspecified atom stereocenters. The Morgan fingerprint density at radius 3 is 3.11 bits per heavy atom. The Kier molecular flexibility index (Phi) is 4.16. The third kappa shape index (κ3) is 2.93. The van der Waals surface area contributed by atoms with E-state index in [-0.39, 0.29) is 12.5 Å². The molecule has 0 saturated carbocycles. The summed E-state index contributed by atoms with van der Waals surface area (Å²) in [7, 11) is 1.55. The number of rotatable bonds is 4. The van der Waals surface area contributed by atoms with Crippen LogP contribution >= 0.6 is 0 Å². The first kappa shape index (κ1) is 13.5. The number of ether oxygens (including phenoxy) is 2. The Hall–Kier alpha value is -1.89. The highest BCUT2D eigenvalue weighted by Crippen LogP contribution is 2.27. The summed E-state index contributed by atoms with van der Waals surface area (Å²) in [6, 6.07) is -0.218. The zero-order valence-electron chi connectivity index (χ0n) is 11.0. The quantitative estimate of drug-likeness (QED) is 0.848. The van der Waals surface area contributed by atoms with Crippen LogP contribution < -0.4 is 9.64 Å². The molecule has 2 heterocycles. The van der Waals surface area contributed by atoms with Gasteiger partial charge in [0.1, 0.15) is 12.1 Å². The number of carboxylic acids is 1. The molecule has 0 amide bonds. The number of nitrogens with zero attached hydrogens (tertiary/aromatic N) is 3. The fourth-order valence-corrected chi connectivity index (χ4v) is 2.22. The second-order valence-electron chi connectivity index (χ2n) is 4.35. The van der Waals surface area contributed by atoms with E-state index in [9.17, 15) is 4.79 Å².